The lowest BCUT2D eigenvalue weighted by atomic mass is 9.96. The molecule has 0 unspecified atom stereocenters. The molecule has 0 spiro atoms. The van der Waals surface area contributed by atoms with Crippen molar-refractivity contribution in [2.24, 2.45) is 5.73 Å². The van der Waals surface area contributed by atoms with E-state index in [2.05, 4.69) is 18.0 Å². The van der Waals surface area contributed by atoms with Crippen molar-refractivity contribution in [3.8, 4) is 0 Å². The number of aryl methyl sites for hydroxylation is 1. The highest BCUT2D eigenvalue weighted by molar-refractivity contribution is 5.22. The third-order valence-electron chi connectivity index (χ3n) is 1.92. The molecule has 1 rings (SSSR count). The molecule has 0 bridgehead atoms. The van der Waals surface area contributed by atoms with Crippen molar-refractivity contribution in [2.75, 3.05) is 0 Å². The topological polar surface area (TPSA) is 38.9 Å². The fourth-order valence-corrected chi connectivity index (χ4v) is 1.07. The Bertz CT molecular complexity index is 261. The first-order valence-electron chi connectivity index (χ1n) is 4.28. The van der Waals surface area contributed by atoms with E-state index in [0.29, 0.717) is 0 Å². The average molecular weight is 164 g/mol. The van der Waals surface area contributed by atoms with E-state index < -0.39 is 0 Å². The van der Waals surface area contributed by atoms with Crippen LogP contribution in [0.3, 0.4) is 0 Å². The van der Waals surface area contributed by atoms with E-state index >= 15 is 0 Å². The van der Waals surface area contributed by atoms with Gasteiger partial charge in [-0.05, 0) is 38.0 Å². The molecular formula is C10H16N2. The monoisotopic (exact) mass is 164 g/mol. The molecule has 0 atom stereocenters. The smallest absolute Gasteiger partial charge is 0.0404 e. The molecule has 12 heavy (non-hydrogen) atoms. The van der Waals surface area contributed by atoms with Gasteiger partial charge in [-0.1, -0.05) is 6.92 Å². The number of rotatable bonds is 2. The van der Waals surface area contributed by atoms with Crippen LogP contribution in [0.5, 0.6) is 0 Å². The van der Waals surface area contributed by atoms with Crippen LogP contribution in [0.2, 0.25) is 0 Å². The Labute approximate surface area is 73.8 Å². The van der Waals surface area contributed by atoms with Crippen LogP contribution in [0, 0.1) is 0 Å². The quantitative estimate of drug-likeness (QED) is 0.724. The van der Waals surface area contributed by atoms with E-state index in [0.717, 1.165) is 17.7 Å². The average Bonchev–Trinajstić information content (AvgIpc) is 2.03. The molecule has 0 aromatic carbocycles. The van der Waals surface area contributed by atoms with Crippen molar-refractivity contribution in [1.82, 2.24) is 4.98 Å². The number of pyridine rings is 1. The van der Waals surface area contributed by atoms with E-state index in [4.69, 9.17) is 5.73 Å². The molecule has 0 amide bonds. The third-order valence-corrected chi connectivity index (χ3v) is 1.92. The largest absolute Gasteiger partial charge is 0.322 e. The predicted octanol–water partition coefficient (Wildman–Crippen LogP) is 1.84. The standard InChI is InChI=1S/C10H16N2/c1-4-9-7-8(5-6-12-9)10(2,3)11/h5-7H,4,11H2,1-3H3. The van der Waals surface area contributed by atoms with Gasteiger partial charge in [-0.15, -0.1) is 0 Å². The van der Waals surface area contributed by atoms with Crippen molar-refractivity contribution in [1.29, 1.82) is 0 Å². The normalized spacial score (nSPS) is 11.7. The van der Waals surface area contributed by atoms with Gasteiger partial charge in [0.1, 0.15) is 0 Å². The van der Waals surface area contributed by atoms with Crippen LogP contribution in [-0.4, -0.2) is 4.98 Å². The van der Waals surface area contributed by atoms with Crippen LogP contribution >= 0.6 is 0 Å². The second-order valence-corrected chi connectivity index (χ2v) is 3.61. The summed E-state index contributed by atoms with van der Waals surface area (Å²) in [6, 6.07) is 4.04. The van der Waals surface area contributed by atoms with E-state index in [1.165, 1.54) is 0 Å². The molecule has 0 saturated carbocycles. The molecule has 1 aromatic rings. The number of nitrogens with zero attached hydrogens (tertiary/aromatic N) is 1. The highest BCUT2D eigenvalue weighted by atomic mass is 14.7. The van der Waals surface area contributed by atoms with Gasteiger partial charge < -0.3 is 5.73 Å². The Morgan fingerprint density at radius 1 is 1.50 bits per heavy atom. The first-order chi connectivity index (χ1) is 5.54. The van der Waals surface area contributed by atoms with Gasteiger partial charge in [0.15, 0.2) is 0 Å². The van der Waals surface area contributed by atoms with Crippen molar-refractivity contribution in [3.05, 3.63) is 29.6 Å². The Morgan fingerprint density at radius 3 is 2.67 bits per heavy atom. The minimum Gasteiger partial charge on any atom is -0.322 e. The van der Waals surface area contributed by atoms with Crippen molar-refractivity contribution in [2.45, 2.75) is 32.7 Å². The Kier molecular flexibility index (Phi) is 2.48. The summed E-state index contributed by atoms with van der Waals surface area (Å²) in [4.78, 5) is 4.22. The molecule has 0 aliphatic carbocycles. The van der Waals surface area contributed by atoms with Gasteiger partial charge in [0, 0.05) is 17.4 Å². The fraction of sp³-hybridized carbons (Fsp3) is 0.500. The molecule has 2 N–H and O–H groups in total. The van der Waals surface area contributed by atoms with Crippen molar-refractivity contribution < 1.29 is 0 Å². The van der Waals surface area contributed by atoms with E-state index in [1.54, 1.807) is 0 Å². The molecule has 0 radical (unpaired) electrons. The molecule has 1 heterocycles. The minimum absolute atomic E-state index is 0.257. The van der Waals surface area contributed by atoms with Crippen LogP contribution in [0.15, 0.2) is 18.3 Å². The van der Waals surface area contributed by atoms with Crippen molar-refractivity contribution in [3.63, 3.8) is 0 Å². The maximum Gasteiger partial charge on any atom is 0.0404 e. The molecule has 0 saturated heterocycles. The molecule has 0 aliphatic rings. The molecule has 66 valence electrons. The highest BCUT2D eigenvalue weighted by Gasteiger charge is 2.13. The lowest BCUT2D eigenvalue weighted by Gasteiger charge is -2.19. The van der Waals surface area contributed by atoms with E-state index in [9.17, 15) is 0 Å². The van der Waals surface area contributed by atoms with Gasteiger partial charge in [-0.3, -0.25) is 4.98 Å². The highest BCUT2D eigenvalue weighted by Crippen LogP contribution is 2.16. The van der Waals surface area contributed by atoms with Crippen LogP contribution in [0.25, 0.3) is 0 Å². The third kappa shape index (κ3) is 2.05. The van der Waals surface area contributed by atoms with Gasteiger partial charge in [0.05, 0.1) is 0 Å². The summed E-state index contributed by atoms with van der Waals surface area (Å²) in [5, 5.41) is 0. The summed E-state index contributed by atoms with van der Waals surface area (Å²) in [5.41, 5.74) is 7.95. The van der Waals surface area contributed by atoms with E-state index in [1.807, 2.05) is 26.1 Å². The van der Waals surface area contributed by atoms with Crippen LogP contribution < -0.4 is 5.73 Å². The summed E-state index contributed by atoms with van der Waals surface area (Å²) in [6.07, 6.45) is 2.78. The van der Waals surface area contributed by atoms with Crippen molar-refractivity contribution >= 4 is 0 Å². The van der Waals surface area contributed by atoms with Gasteiger partial charge in [0.25, 0.3) is 0 Å². The molecule has 2 heteroatoms. The summed E-state index contributed by atoms with van der Waals surface area (Å²) >= 11 is 0. The Hall–Kier alpha value is -0.890. The molecule has 1 aromatic heterocycles. The minimum atomic E-state index is -0.257. The van der Waals surface area contributed by atoms with Gasteiger partial charge in [0.2, 0.25) is 0 Å². The lowest BCUT2D eigenvalue weighted by Crippen LogP contribution is -2.28. The lowest BCUT2D eigenvalue weighted by molar-refractivity contribution is 0.552. The molecular weight excluding hydrogens is 148 g/mol. The molecule has 0 fully saturated rings. The first kappa shape index (κ1) is 9.20. The number of hydrogen-bond acceptors (Lipinski definition) is 2. The SMILES string of the molecule is CCc1cc(C(C)(C)N)ccn1. The number of nitrogens with two attached hydrogens (primary N) is 1. The molecule has 0 aliphatic heterocycles. The maximum atomic E-state index is 5.95. The van der Waals surface area contributed by atoms with Gasteiger partial charge >= 0.3 is 0 Å². The second kappa shape index (κ2) is 3.23. The summed E-state index contributed by atoms with van der Waals surface area (Å²) in [7, 11) is 0. The summed E-state index contributed by atoms with van der Waals surface area (Å²) < 4.78 is 0. The second-order valence-electron chi connectivity index (χ2n) is 3.61. The van der Waals surface area contributed by atoms with Crippen LogP contribution in [-0.2, 0) is 12.0 Å². The summed E-state index contributed by atoms with van der Waals surface area (Å²) in [6.45, 7) is 6.10. The Morgan fingerprint density at radius 2 is 2.17 bits per heavy atom. The summed E-state index contributed by atoms with van der Waals surface area (Å²) in [5.74, 6) is 0. The zero-order valence-corrected chi connectivity index (χ0v) is 7.96. The zero-order valence-electron chi connectivity index (χ0n) is 7.96. The van der Waals surface area contributed by atoms with Gasteiger partial charge in [-0.2, -0.15) is 0 Å². The number of aromatic nitrogens is 1. The fourth-order valence-electron chi connectivity index (χ4n) is 1.07. The van der Waals surface area contributed by atoms with Crippen LogP contribution in [0.4, 0.5) is 0 Å². The zero-order chi connectivity index (χ0) is 9.19. The van der Waals surface area contributed by atoms with E-state index in [-0.39, 0.29) is 5.54 Å². The van der Waals surface area contributed by atoms with Gasteiger partial charge in [-0.25, -0.2) is 0 Å². The first-order valence-corrected chi connectivity index (χ1v) is 4.28. The predicted molar refractivity (Wildman–Crippen MR) is 50.8 cm³/mol. The Balaban J connectivity index is 3.02. The maximum absolute atomic E-state index is 5.95. The number of hydrogen-bond donors (Lipinski definition) is 1. The molecule has 2 nitrogen and oxygen atoms in total. The van der Waals surface area contributed by atoms with Crippen LogP contribution in [0.1, 0.15) is 32.0 Å².